The molecule has 0 radical (unpaired) electrons. The maximum atomic E-state index is 13.5. The van der Waals surface area contributed by atoms with Gasteiger partial charge >= 0.3 is 0 Å². The van der Waals surface area contributed by atoms with E-state index in [0.29, 0.717) is 52.3 Å². The molecule has 2 aromatic heterocycles. The number of thioether (sulfide) groups is 1. The number of methoxy groups -OCH3 is 1. The number of aromatic nitrogens is 2. The number of fused-ring (bicyclic) bond motifs is 3. The minimum absolute atomic E-state index is 0.0885. The third-order valence-corrected chi connectivity index (χ3v) is 7.64. The van der Waals surface area contributed by atoms with E-state index in [2.05, 4.69) is 25.7 Å². The van der Waals surface area contributed by atoms with Crippen molar-refractivity contribution in [1.29, 1.82) is 0 Å². The Kier molecular flexibility index (Phi) is 7.21. The van der Waals surface area contributed by atoms with Crippen LogP contribution in [-0.2, 0) is 29.1 Å². The van der Waals surface area contributed by atoms with Crippen LogP contribution in [0.3, 0.4) is 0 Å². The standard InChI is InChI=1S/C24H27N3O4S2/c1-5-10-27-23(29)21-15-11-18(14(2)3)31-12-19(15)33-22(21)26-24(27)32-13-20(28)25-16-8-6-7-9-17(16)30-4/h5-9,14,18H,1,10-13H2,2-4H3,(H,25,28). The van der Waals surface area contributed by atoms with Crippen molar-refractivity contribution >= 4 is 44.9 Å². The summed E-state index contributed by atoms with van der Waals surface area (Å²) in [6.07, 6.45) is 2.48. The second-order valence-corrected chi connectivity index (χ2v) is 10.1. The zero-order valence-corrected chi connectivity index (χ0v) is 20.6. The van der Waals surface area contributed by atoms with Gasteiger partial charge in [-0.15, -0.1) is 17.9 Å². The first-order chi connectivity index (χ1) is 15.9. The molecule has 1 aliphatic heterocycles. The first-order valence-electron chi connectivity index (χ1n) is 10.8. The summed E-state index contributed by atoms with van der Waals surface area (Å²) in [6, 6.07) is 7.23. The van der Waals surface area contributed by atoms with E-state index in [1.807, 2.05) is 12.1 Å². The Hall–Kier alpha value is -2.62. The first-order valence-corrected chi connectivity index (χ1v) is 12.6. The highest BCUT2D eigenvalue weighted by Crippen LogP contribution is 2.36. The molecule has 1 atom stereocenters. The number of anilines is 1. The van der Waals surface area contributed by atoms with Gasteiger partial charge in [-0.1, -0.05) is 43.8 Å². The summed E-state index contributed by atoms with van der Waals surface area (Å²) in [6.45, 7) is 8.88. The summed E-state index contributed by atoms with van der Waals surface area (Å²) in [5.41, 5.74) is 1.57. The van der Waals surface area contributed by atoms with Gasteiger partial charge in [0.25, 0.3) is 5.56 Å². The maximum absolute atomic E-state index is 13.5. The lowest BCUT2D eigenvalue weighted by molar-refractivity contribution is -0.113. The Bertz CT molecular complexity index is 1250. The molecule has 3 heterocycles. The summed E-state index contributed by atoms with van der Waals surface area (Å²) in [5.74, 6) is 0.859. The quantitative estimate of drug-likeness (QED) is 0.288. The predicted octanol–water partition coefficient (Wildman–Crippen LogP) is 4.48. The van der Waals surface area contributed by atoms with Gasteiger partial charge in [0.1, 0.15) is 10.6 Å². The molecule has 0 aliphatic carbocycles. The Balaban J connectivity index is 1.61. The highest BCUT2D eigenvalue weighted by Gasteiger charge is 2.28. The fourth-order valence-corrected chi connectivity index (χ4v) is 5.81. The van der Waals surface area contributed by atoms with E-state index in [0.717, 1.165) is 10.4 Å². The molecule has 1 aliphatic rings. The van der Waals surface area contributed by atoms with Crippen LogP contribution < -0.4 is 15.6 Å². The summed E-state index contributed by atoms with van der Waals surface area (Å²) < 4.78 is 12.9. The predicted molar refractivity (Wildman–Crippen MR) is 134 cm³/mol. The largest absolute Gasteiger partial charge is 0.495 e. The van der Waals surface area contributed by atoms with Crippen LogP contribution in [0, 0.1) is 5.92 Å². The highest BCUT2D eigenvalue weighted by molar-refractivity contribution is 7.99. The van der Waals surface area contributed by atoms with Gasteiger partial charge in [0.05, 0.1) is 36.6 Å². The van der Waals surface area contributed by atoms with Crippen molar-refractivity contribution in [2.75, 3.05) is 18.2 Å². The fourth-order valence-electron chi connectivity index (χ4n) is 3.83. The number of rotatable bonds is 8. The molecular weight excluding hydrogens is 458 g/mol. The average molecular weight is 486 g/mol. The lowest BCUT2D eigenvalue weighted by atomic mass is 9.96. The Labute approximate surface area is 200 Å². The summed E-state index contributed by atoms with van der Waals surface area (Å²) in [5, 5.41) is 4.03. The lowest BCUT2D eigenvalue weighted by Gasteiger charge is -2.26. The number of nitrogens with zero attached hydrogens (tertiary/aromatic N) is 2. The van der Waals surface area contributed by atoms with Crippen LogP contribution in [0.5, 0.6) is 5.75 Å². The molecule has 0 bridgehead atoms. The molecule has 0 saturated carbocycles. The van der Waals surface area contributed by atoms with Crippen LogP contribution in [0.4, 0.5) is 5.69 Å². The van der Waals surface area contributed by atoms with Crippen molar-refractivity contribution in [2.45, 2.75) is 44.7 Å². The first kappa shape index (κ1) is 23.5. The monoisotopic (exact) mass is 485 g/mol. The number of hydrogen-bond acceptors (Lipinski definition) is 7. The highest BCUT2D eigenvalue weighted by atomic mass is 32.2. The van der Waals surface area contributed by atoms with Gasteiger partial charge in [-0.3, -0.25) is 14.2 Å². The van der Waals surface area contributed by atoms with Crippen molar-refractivity contribution in [3.8, 4) is 5.75 Å². The third-order valence-electron chi connectivity index (χ3n) is 5.56. The smallest absolute Gasteiger partial charge is 0.263 e. The van der Waals surface area contributed by atoms with Gasteiger partial charge in [0.2, 0.25) is 5.91 Å². The average Bonchev–Trinajstić information content (AvgIpc) is 3.17. The van der Waals surface area contributed by atoms with Gasteiger partial charge in [-0.2, -0.15) is 0 Å². The van der Waals surface area contributed by atoms with Crippen LogP contribution in [0.2, 0.25) is 0 Å². The normalized spacial score (nSPS) is 15.5. The number of amides is 1. The molecule has 1 N–H and O–H groups in total. The van der Waals surface area contributed by atoms with Gasteiger partial charge in [0.15, 0.2) is 5.16 Å². The zero-order chi connectivity index (χ0) is 23.5. The van der Waals surface area contributed by atoms with Crippen LogP contribution in [0.25, 0.3) is 10.2 Å². The summed E-state index contributed by atoms with van der Waals surface area (Å²) in [4.78, 5) is 32.6. The van der Waals surface area contributed by atoms with Crippen molar-refractivity contribution in [1.82, 2.24) is 9.55 Å². The van der Waals surface area contributed by atoms with Crippen molar-refractivity contribution < 1.29 is 14.3 Å². The Morgan fingerprint density at radius 2 is 2.24 bits per heavy atom. The minimum Gasteiger partial charge on any atom is -0.495 e. The zero-order valence-electron chi connectivity index (χ0n) is 18.9. The minimum atomic E-state index is -0.206. The SMILES string of the molecule is C=CCn1c(SCC(=O)Nc2ccccc2OC)nc2sc3c(c2c1=O)CC(C(C)C)OC3. The number of allylic oxidation sites excluding steroid dienone is 1. The molecule has 1 aromatic carbocycles. The second kappa shape index (κ2) is 10.1. The van der Waals surface area contributed by atoms with Crippen molar-refractivity contribution in [3.05, 3.63) is 57.7 Å². The Morgan fingerprint density at radius 1 is 1.45 bits per heavy atom. The number of ether oxygens (including phenoxy) is 2. The molecule has 1 amide bonds. The number of carbonyl (C=O) groups excluding carboxylic acids is 1. The van der Waals surface area contributed by atoms with E-state index in [1.54, 1.807) is 29.9 Å². The lowest BCUT2D eigenvalue weighted by Crippen LogP contribution is -2.28. The topological polar surface area (TPSA) is 82.5 Å². The molecule has 0 fully saturated rings. The molecule has 1 unspecified atom stereocenters. The van der Waals surface area contributed by atoms with E-state index < -0.39 is 0 Å². The summed E-state index contributed by atoms with van der Waals surface area (Å²) >= 11 is 2.74. The number of carbonyl (C=O) groups is 1. The number of para-hydroxylation sites is 2. The number of benzene rings is 1. The fraction of sp³-hybridized carbons (Fsp3) is 0.375. The second-order valence-electron chi connectivity index (χ2n) is 8.12. The van der Waals surface area contributed by atoms with Crippen LogP contribution >= 0.6 is 23.1 Å². The molecular formula is C24H27N3O4S2. The molecule has 9 heteroatoms. The number of hydrogen-bond donors (Lipinski definition) is 1. The van der Waals surface area contributed by atoms with E-state index in [1.165, 1.54) is 23.1 Å². The van der Waals surface area contributed by atoms with E-state index in [-0.39, 0.29) is 23.3 Å². The summed E-state index contributed by atoms with van der Waals surface area (Å²) in [7, 11) is 1.56. The molecule has 7 nitrogen and oxygen atoms in total. The van der Waals surface area contributed by atoms with E-state index in [9.17, 15) is 9.59 Å². The van der Waals surface area contributed by atoms with Crippen LogP contribution in [0.1, 0.15) is 24.3 Å². The van der Waals surface area contributed by atoms with Gasteiger partial charge < -0.3 is 14.8 Å². The third kappa shape index (κ3) is 4.85. The van der Waals surface area contributed by atoms with E-state index in [4.69, 9.17) is 14.5 Å². The van der Waals surface area contributed by atoms with Crippen molar-refractivity contribution in [2.24, 2.45) is 5.92 Å². The number of nitrogens with one attached hydrogen (secondary N) is 1. The van der Waals surface area contributed by atoms with Crippen LogP contribution in [0.15, 0.2) is 46.9 Å². The van der Waals surface area contributed by atoms with E-state index >= 15 is 0 Å². The van der Waals surface area contributed by atoms with Gasteiger partial charge in [-0.05, 0) is 23.6 Å². The molecule has 0 spiro atoms. The number of thiophene rings is 1. The molecule has 0 saturated heterocycles. The molecule has 33 heavy (non-hydrogen) atoms. The molecule has 4 rings (SSSR count). The maximum Gasteiger partial charge on any atom is 0.263 e. The Morgan fingerprint density at radius 3 is 2.97 bits per heavy atom. The van der Waals surface area contributed by atoms with Gasteiger partial charge in [0, 0.05) is 17.8 Å². The van der Waals surface area contributed by atoms with Crippen molar-refractivity contribution in [3.63, 3.8) is 0 Å². The molecule has 3 aromatic rings. The van der Waals surface area contributed by atoms with Gasteiger partial charge in [-0.25, -0.2) is 4.98 Å². The molecule has 174 valence electrons. The van der Waals surface area contributed by atoms with Crippen LogP contribution in [-0.4, -0.2) is 34.4 Å².